The number of nitriles is 1. The Morgan fingerprint density at radius 3 is 2.64 bits per heavy atom. The number of alkyl carbamates (subject to hydrolysis) is 1. The van der Waals surface area contributed by atoms with Crippen LogP contribution in [0.4, 0.5) is 4.79 Å². The Bertz CT molecular complexity index is 402. The van der Waals surface area contributed by atoms with Gasteiger partial charge in [0.05, 0.1) is 6.61 Å². The van der Waals surface area contributed by atoms with Gasteiger partial charge in [-0.2, -0.15) is 5.26 Å². The molecule has 0 saturated heterocycles. The van der Waals surface area contributed by atoms with Gasteiger partial charge >= 0.3 is 6.09 Å². The van der Waals surface area contributed by atoms with Gasteiger partial charge in [0.25, 0.3) is 5.91 Å². The van der Waals surface area contributed by atoms with Crippen LogP contribution in [0.3, 0.4) is 0 Å². The first-order valence-electron chi connectivity index (χ1n) is 7.69. The van der Waals surface area contributed by atoms with Crippen molar-refractivity contribution in [2.45, 2.75) is 44.6 Å². The molecule has 1 rings (SSSR count). The van der Waals surface area contributed by atoms with Crippen LogP contribution in [0.5, 0.6) is 0 Å². The van der Waals surface area contributed by atoms with Gasteiger partial charge in [0, 0.05) is 20.7 Å². The molecule has 0 aliphatic heterocycles. The maximum Gasteiger partial charge on any atom is 0.408 e. The van der Waals surface area contributed by atoms with Gasteiger partial charge in [0.1, 0.15) is 0 Å². The number of ether oxygens (including phenoxy) is 2. The number of amides is 2. The monoisotopic (exact) mass is 311 g/mol. The standard InChI is InChI=1S/C15H25N3O4/c1-18(11-16)14(19)13(10-12-6-4-3-5-7-12)22-15(20)17-8-9-21-2/h12-13H,3-10H2,1-2H3,(H,17,20)/t13-/m0/s1. The Balaban J connectivity index is 2.58. The van der Waals surface area contributed by atoms with Crippen LogP contribution in [0.25, 0.3) is 0 Å². The largest absolute Gasteiger partial charge is 0.436 e. The average Bonchev–Trinajstić information content (AvgIpc) is 2.54. The summed E-state index contributed by atoms with van der Waals surface area (Å²) in [5.41, 5.74) is 0. The maximum absolute atomic E-state index is 12.2. The summed E-state index contributed by atoms with van der Waals surface area (Å²) in [4.78, 5) is 24.8. The predicted molar refractivity (Wildman–Crippen MR) is 79.7 cm³/mol. The number of likely N-dealkylation sites (N-methyl/N-ethyl adjacent to an activating group) is 1. The van der Waals surface area contributed by atoms with E-state index < -0.39 is 18.1 Å². The molecule has 0 spiro atoms. The number of carbonyl (C=O) groups is 2. The molecule has 0 aromatic heterocycles. The Labute approximate surface area is 131 Å². The van der Waals surface area contributed by atoms with Gasteiger partial charge in [-0.3, -0.25) is 4.79 Å². The quantitative estimate of drug-likeness (QED) is 0.438. The Morgan fingerprint density at radius 2 is 2.05 bits per heavy atom. The zero-order valence-electron chi connectivity index (χ0n) is 13.3. The van der Waals surface area contributed by atoms with Crippen LogP contribution in [-0.2, 0) is 14.3 Å². The highest BCUT2D eigenvalue weighted by molar-refractivity contribution is 5.84. The summed E-state index contributed by atoms with van der Waals surface area (Å²) in [6, 6.07) is 0. The summed E-state index contributed by atoms with van der Waals surface area (Å²) in [6.45, 7) is 0.683. The van der Waals surface area contributed by atoms with E-state index in [4.69, 9.17) is 14.7 Å². The molecular formula is C15H25N3O4. The van der Waals surface area contributed by atoms with Crippen molar-refractivity contribution in [1.29, 1.82) is 5.26 Å². The molecule has 0 aromatic carbocycles. The Morgan fingerprint density at radius 1 is 1.36 bits per heavy atom. The minimum absolute atomic E-state index is 0.313. The first-order valence-corrected chi connectivity index (χ1v) is 7.69. The van der Waals surface area contributed by atoms with Crippen molar-refractivity contribution in [2.75, 3.05) is 27.3 Å². The molecule has 7 heteroatoms. The zero-order chi connectivity index (χ0) is 16.4. The molecule has 1 fully saturated rings. The molecule has 1 saturated carbocycles. The highest BCUT2D eigenvalue weighted by Gasteiger charge is 2.29. The lowest BCUT2D eigenvalue weighted by Gasteiger charge is -2.26. The van der Waals surface area contributed by atoms with E-state index in [1.54, 1.807) is 6.19 Å². The zero-order valence-corrected chi connectivity index (χ0v) is 13.3. The second kappa shape index (κ2) is 10.0. The van der Waals surface area contributed by atoms with Gasteiger partial charge in [0.15, 0.2) is 12.3 Å². The highest BCUT2D eigenvalue weighted by atomic mass is 16.6. The highest BCUT2D eigenvalue weighted by Crippen LogP contribution is 2.28. The fourth-order valence-corrected chi connectivity index (χ4v) is 2.62. The molecule has 7 nitrogen and oxygen atoms in total. The van der Waals surface area contributed by atoms with Crippen molar-refractivity contribution in [3.05, 3.63) is 0 Å². The van der Waals surface area contributed by atoms with Crippen molar-refractivity contribution >= 4 is 12.0 Å². The van der Waals surface area contributed by atoms with Crippen LogP contribution >= 0.6 is 0 Å². The molecule has 22 heavy (non-hydrogen) atoms. The molecule has 2 amide bonds. The van der Waals surface area contributed by atoms with Gasteiger partial charge in [-0.05, 0) is 12.3 Å². The van der Waals surface area contributed by atoms with Crippen molar-refractivity contribution in [1.82, 2.24) is 10.2 Å². The predicted octanol–water partition coefficient (Wildman–Crippen LogP) is 1.64. The van der Waals surface area contributed by atoms with Gasteiger partial charge in [-0.25, -0.2) is 9.69 Å². The topological polar surface area (TPSA) is 91.7 Å². The minimum Gasteiger partial charge on any atom is -0.436 e. The van der Waals surface area contributed by atoms with Crippen LogP contribution < -0.4 is 5.32 Å². The van der Waals surface area contributed by atoms with E-state index in [0.717, 1.165) is 30.6 Å². The number of hydrogen-bond donors (Lipinski definition) is 1. The number of nitrogens with one attached hydrogen (secondary N) is 1. The molecule has 0 aromatic rings. The fraction of sp³-hybridized carbons (Fsp3) is 0.800. The van der Waals surface area contributed by atoms with Gasteiger partial charge in [0.2, 0.25) is 0 Å². The molecule has 0 unspecified atom stereocenters. The van der Waals surface area contributed by atoms with E-state index in [0.29, 0.717) is 25.5 Å². The number of rotatable bonds is 7. The second-order valence-electron chi connectivity index (χ2n) is 5.55. The summed E-state index contributed by atoms with van der Waals surface area (Å²) >= 11 is 0. The van der Waals surface area contributed by atoms with E-state index >= 15 is 0 Å². The number of nitrogens with zero attached hydrogens (tertiary/aromatic N) is 2. The SMILES string of the molecule is COCCNC(=O)O[C@@H](CC1CCCCC1)C(=O)N(C)C#N. The van der Waals surface area contributed by atoms with E-state index in [9.17, 15) is 9.59 Å². The third kappa shape index (κ3) is 6.31. The van der Waals surface area contributed by atoms with E-state index in [2.05, 4.69) is 5.32 Å². The third-order valence-corrected chi connectivity index (χ3v) is 3.85. The lowest BCUT2D eigenvalue weighted by molar-refractivity contribution is -0.137. The Kier molecular flexibility index (Phi) is 8.30. The van der Waals surface area contributed by atoms with Crippen LogP contribution in [0.15, 0.2) is 0 Å². The van der Waals surface area contributed by atoms with Crippen LogP contribution in [-0.4, -0.2) is 50.3 Å². The average molecular weight is 311 g/mol. The summed E-state index contributed by atoms with van der Waals surface area (Å²) < 4.78 is 10.1. The second-order valence-corrected chi connectivity index (χ2v) is 5.55. The first-order chi connectivity index (χ1) is 10.6. The lowest BCUT2D eigenvalue weighted by atomic mass is 9.85. The van der Waals surface area contributed by atoms with Gasteiger partial charge < -0.3 is 14.8 Å². The minimum atomic E-state index is -0.907. The van der Waals surface area contributed by atoms with Crippen LogP contribution in [0.2, 0.25) is 0 Å². The summed E-state index contributed by atoms with van der Waals surface area (Å²) in [7, 11) is 2.91. The number of carbonyl (C=O) groups excluding carboxylic acids is 2. The van der Waals surface area contributed by atoms with Crippen LogP contribution in [0, 0.1) is 17.4 Å². The number of methoxy groups -OCH3 is 1. The van der Waals surface area contributed by atoms with Crippen molar-refractivity contribution in [3.8, 4) is 6.19 Å². The van der Waals surface area contributed by atoms with Gasteiger partial charge in [-0.1, -0.05) is 32.1 Å². The first kappa shape index (κ1) is 18.2. The summed E-state index contributed by atoms with van der Waals surface area (Å²) in [6.07, 6.45) is 6.24. The molecule has 1 aliphatic carbocycles. The fourth-order valence-electron chi connectivity index (χ4n) is 2.62. The lowest BCUT2D eigenvalue weighted by Crippen LogP contribution is -2.41. The normalized spacial score (nSPS) is 16.4. The van der Waals surface area contributed by atoms with Crippen molar-refractivity contribution in [2.24, 2.45) is 5.92 Å². The van der Waals surface area contributed by atoms with E-state index in [-0.39, 0.29) is 0 Å². The van der Waals surface area contributed by atoms with Crippen molar-refractivity contribution < 1.29 is 19.1 Å². The van der Waals surface area contributed by atoms with Crippen molar-refractivity contribution in [3.63, 3.8) is 0 Å². The maximum atomic E-state index is 12.2. The molecule has 0 heterocycles. The van der Waals surface area contributed by atoms with Crippen LogP contribution in [0.1, 0.15) is 38.5 Å². The van der Waals surface area contributed by atoms with Gasteiger partial charge in [-0.15, -0.1) is 0 Å². The molecule has 1 aliphatic rings. The van der Waals surface area contributed by atoms with E-state index in [1.165, 1.54) is 20.6 Å². The number of hydrogen-bond acceptors (Lipinski definition) is 5. The van der Waals surface area contributed by atoms with E-state index in [1.807, 2.05) is 0 Å². The molecule has 124 valence electrons. The summed E-state index contributed by atoms with van der Waals surface area (Å²) in [5, 5.41) is 11.4. The Hall–Kier alpha value is -1.81. The smallest absolute Gasteiger partial charge is 0.408 e. The molecule has 1 atom stereocenters. The molecule has 0 radical (unpaired) electrons. The molecule has 0 bridgehead atoms. The molecule has 1 N–H and O–H groups in total. The molecular weight excluding hydrogens is 286 g/mol. The third-order valence-electron chi connectivity index (χ3n) is 3.85. The summed E-state index contributed by atoms with van der Waals surface area (Å²) in [5.74, 6) is -0.114.